The zero-order valence-corrected chi connectivity index (χ0v) is 16.0. The first-order chi connectivity index (χ1) is 14.6. The molecule has 7 nitrogen and oxygen atoms in total. The summed E-state index contributed by atoms with van der Waals surface area (Å²) < 4.78 is 0.962. The highest BCUT2D eigenvalue weighted by Crippen LogP contribution is 2.27. The number of aryl methyl sites for hydroxylation is 1. The second-order valence-corrected chi connectivity index (χ2v) is 7.19. The van der Waals surface area contributed by atoms with Crippen molar-refractivity contribution in [1.82, 2.24) is 14.5 Å². The first-order valence-electron chi connectivity index (χ1n) is 9.75. The van der Waals surface area contributed by atoms with Crippen LogP contribution in [0.1, 0.15) is 22.5 Å². The lowest BCUT2D eigenvalue weighted by molar-refractivity contribution is 0.0980. The highest BCUT2D eigenvalue weighted by molar-refractivity contribution is 6.05. The average molecular weight is 398 g/mol. The van der Waals surface area contributed by atoms with Crippen LogP contribution in [0.25, 0.3) is 16.7 Å². The van der Waals surface area contributed by atoms with Crippen LogP contribution in [0, 0.1) is 0 Å². The molecule has 0 unspecified atom stereocenters. The molecule has 0 aliphatic carbocycles. The molecule has 5 rings (SSSR count). The Morgan fingerprint density at radius 2 is 1.73 bits per heavy atom. The van der Waals surface area contributed by atoms with Gasteiger partial charge in [0.2, 0.25) is 0 Å². The molecule has 1 aliphatic heterocycles. The highest BCUT2D eigenvalue weighted by atomic mass is 16.2. The minimum Gasteiger partial charge on any atom is -0.307 e. The maximum Gasteiger partial charge on any atom is 0.334 e. The summed E-state index contributed by atoms with van der Waals surface area (Å²) in [6, 6.07) is 19.4. The van der Waals surface area contributed by atoms with E-state index in [0.717, 1.165) is 28.7 Å². The molecule has 0 saturated carbocycles. The van der Waals surface area contributed by atoms with E-state index >= 15 is 0 Å². The number of carbonyl (C=O) groups is 1. The highest BCUT2D eigenvalue weighted by Gasteiger charge is 2.24. The number of benzene rings is 2. The van der Waals surface area contributed by atoms with E-state index in [2.05, 4.69) is 9.97 Å². The molecule has 0 fully saturated rings. The Balaban J connectivity index is 1.60. The van der Waals surface area contributed by atoms with E-state index in [4.69, 9.17) is 0 Å². The van der Waals surface area contributed by atoms with Crippen LogP contribution in [0.3, 0.4) is 0 Å². The summed E-state index contributed by atoms with van der Waals surface area (Å²) in [5.41, 5.74) is 1.57. The number of pyridine rings is 1. The number of anilines is 1. The van der Waals surface area contributed by atoms with Gasteiger partial charge in [-0.2, -0.15) is 0 Å². The fourth-order valence-corrected chi connectivity index (χ4v) is 3.92. The first-order valence-corrected chi connectivity index (χ1v) is 9.75. The average Bonchev–Trinajstić information content (AvgIpc) is 2.78. The van der Waals surface area contributed by atoms with Crippen molar-refractivity contribution >= 4 is 22.5 Å². The molecular weight excluding hydrogens is 380 g/mol. The van der Waals surface area contributed by atoms with E-state index in [-0.39, 0.29) is 17.4 Å². The molecule has 1 aliphatic rings. The van der Waals surface area contributed by atoms with Gasteiger partial charge in [0, 0.05) is 12.2 Å². The van der Waals surface area contributed by atoms with Gasteiger partial charge in [-0.05, 0) is 48.7 Å². The third kappa shape index (κ3) is 2.91. The molecule has 1 amide bonds. The molecule has 2 aromatic carbocycles. The summed E-state index contributed by atoms with van der Waals surface area (Å²) in [7, 11) is 0. The van der Waals surface area contributed by atoms with Crippen molar-refractivity contribution in [2.24, 2.45) is 0 Å². The van der Waals surface area contributed by atoms with Crippen LogP contribution in [0.4, 0.5) is 5.69 Å². The first kappa shape index (κ1) is 18.1. The largest absolute Gasteiger partial charge is 0.334 e. The van der Waals surface area contributed by atoms with Gasteiger partial charge in [-0.1, -0.05) is 36.4 Å². The van der Waals surface area contributed by atoms with E-state index in [1.54, 1.807) is 47.4 Å². The number of fused-ring (bicyclic) bond motifs is 2. The maximum atomic E-state index is 13.2. The van der Waals surface area contributed by atoms with E-state index in [1.807, 2.05) is 24.3 Å². The second kappa shape index (κ2) is 7.11. The summed E-state index contributed by atoms with van der Waals surface area (Å²) in [5, 5.41) is 0.376. The van der Waals surface area contributed by atoms with Crippen LogP contribution in [-0.2, 0) is 6.42 Å². The van der Waals surface area contributed by atoms with Crippen molar-refractivity contribution < 1.29 is 4.79 Å². The lowest BCUT2D eigenvalue weighted by Gasteiger charge is -2.29. The number of carbonyl (C=O) groups excluding carboxylic acids is 1. The van der Waals surface area contributed by atoms with Crippen LogP contribution in [-0.4, -0.2) is 27.0 Å². The van der Waals surface area contributed by atoms with Gasteiger partial charge < -0.3 is 9.88 Å². The Morgan fingerprint density at radius 1 is 0.933 bits per heavy atom. The summed E-state index contributed by atoms with van der Waals surface area (Å²) >= 11 is 0. The number of hydrogen-bond donors (Lipinski definition) is 1. The van der Waals surface area contributed by atoms with Crippen molar-refractivity contribution in [2.75, 3.05) is 11.4 Å². The number of amides is 1. The maximum absolute atomic E-state index is 13.2. The predicted molar refractivity (Wildman–Crippen MR) is 114 cm³/mol. The third-order valence-corrected chi connectivity index (χ3v) is 5.34. The van der Waals surface area contributed by atoms with E-state index in [0.29, 0.717) is 17.4 Å². The van der Waals surface area contributed by atoms with Crippen molar-refractivity contribution in [3.8, 4) is 5.82 Å². The molecule has 0 saturated heterocycles. The SMILES string of the molecule is O=C(c1cccc(-n2c(=O)[nH]c3ccccc3c2=O)n1)N1CCCc2ccccc21. The summed E-state index contributed by atoms with van der Waals surface area (Å²) in [6.07, 6.45) is 1.79. The number of nitrogens with one attached hydrogen (secondary N) is 1. The molecule has 0 radical (unpaired) electrons. The van der Waals surface area contributed by atoms with E-state index in [1.165, 1.54) is 0 Å². The Bertz CT molecular complexity index is 1400. The van der Waals surface area contributed by atoms with Crippen LogP contribution >= 0.6 is 0 Å². The molecule has 4 aromatic rings. The zero-order chi connectivity index (χ0) is 20.7. The number of aromatic nitrogens is 3. The van der Waals surface area contributed by atoms with Crippen molar-refractivity contribution in [3.63, 3.8) is 0 Å². The smallest absolute Gasteiger partial charge is 0.307 e. The molecule has 148 valence electrons. The quantitative estimate of drug-likeness (QED) is 0.562. The van der Waals surface area contributed by atoms with Gasteiger partial charge in [0.05, 0.1) is 10.9 Å². The molecule has 1 N–H and O–H groups in total. The van der Waals surface area contributed by atoms with Gasteiger partial charge in [-0.25, -0.2) is 14.3 Å². The number of hydrogen-bond acceptors (Lipinski definition) is 4. The van der Waals surface area contributed by atoms with Crippen LogP contribution in [0.2, 0.25) is 0 Å². The normalized spacial score (nSPS) is 13.3. The second-order valence-electron chi connectivity index (χ2n) is 7.19. The van der Waals surface area contributed by atoms with Gasteiger partial charge in [-0.15, -0.1) is 0 Å². The van der Waals surface area contributed by atoms with Crippen molar-refractivity contribution in [2.45, 2.75) is 12.8 Å². The van der Waals surface area contributed by atoms with E-state index in [9.17, 15) is 14.4 Å². The topological polar surface area (TPSA) is 88.1 Å². The zero-order valence-electron chi connectivity index (χ0n) is 16.0. The molecule has 0 bridgehead atoms. The number of para-hydroxylation sites is 2. The van der Waals surface area contributed by atoms with Gasteiger partial charge in [0.1, 0.15) is 11.5 Å². The van der Waals surface area contributed by atoms with Gasteiger partial charge in [0.25, 0.3) is 11.5 Å². The molecule has 30 heavy (non-hydrogen) atoms. The Labute approximate surface area is 171 Å². The molecule has 0 spiro atoms. The standard InChI is InChI=1S/C23H18N4O3/c28-21-16-9-2-3-10-17(16)25-23(30)27(21)20-13-5-11-18(24-20)22(29)26-14-6-8-15-7-1-4-12-19(15)26/h1-5,7,9-13H,6,8,14H2,(H,25,30). The number of nitrogens with zero attached hydrogens (tertiary/aromatic N) is 3. The molecule has 7 heteroatoms. The molecule has 2 aromatic heterocycles. The number of H-pyrrole nitrogens is 1. The minimum atomic E-state index is -0.598. The Kier molecular flexibility index (Phi) is 4.28. The number of rotatable bonds is 2. The molecule has 3 heterocycles. The monoisotopic (exact) mass is 398 g/mol. The van der Waals surface area contributed by atoms with Crippen LogP contribution in [0.15, 0.2) is 76.3 Å². The predicted octanol–water partition coefficient (Wildman–Crippen LogP) is 2.67. The van der Waals surface area contributed by atoms with Crippen molar-refractivity contribution in [1.29, 1.82) is 0 Å². The lowest BCUT2D eigenvalue weighted by atomic mass is 10.0. The summed E-state index contributed by atoms with van der Waals surface area (Å²) in [4.78, 5) is 47.5. The van der Waals surface area contributed by atoms with Gasteiger partial charge >= 0.3 is 5.69 Å². The number of aromatic amines is 1. The van der Waals surface area contributed by atoms with Crippen LogP contribution in [0.5, 0.6) is 0 Å². The third-order valence-electron chi connectivity index (χ3n) is 5.34. The van der Waals surface area contributed by atoms with Crippen LogP contribution < -0.4 is 16.1 Å². The Morgan fingerprint density at radius 3 is 2.63 bits per heavy atom. The van der Waals surface area contributed by atoms with Gasteiger partial charge in [-0.3, -0.25) is 9.59 Å². The fraction of sp³-hybridized carbons (Fsp3) is 0.130. The summed E-state index contributed by atoms with van der Waals surface area (Å²) in [5.74, 6) is -0.141. The lowest BCUT2D eigenvalue weighted by Crippen LogP contribution is -2.37. The van der Waals surface area contributed by atoms with Gasteiger partial charge in [0.15, 0.2) is 0 Å². The molecule has 0 atom stereocenters. The minimum absolute atomic E-state index is 0.114. The fourth-order valence-electron chi connectivity index (χ4n) is 3.92. The molecular formula is C23H18N4O3. The van der Waals surface area contributed by atoms with E-state index < -0.39 is 11.2 Å². The van der Waals surface area contributed by atoms with Crippen molar-refractivity contribution in [3.05, 3.63) is 98.8 Å². The summed E-state index contributed by atoms with van der Waals surface area (Å²) in [6.45, 7) is 0.595. The Hall–Kier alpha value is -4.00.